The lowest BCUT2D eigenvalue weighted by Crippen LogP contribution is -2.39. The lowest BCUT2D eigenvalue weighted by molar-refractivity contribution is -0.137. The Morgan fingerprint density at radius 3 is 2.19 bits per heavy atom. The predicted molar refractivity (Wildman–Crippen MR) is 62.3 cm³/mol. The molecule has 0 radical (unpaired) electrons. The summed E-state index contributed by atoms with van der Waals surface area (Å²) in [6.45, 7) is 7.13. The van der Waals surface area contributed by atoms with Crippen molar-refractivity contribution in [1.29, 1.82) is 0 Å². The number of amides is 2. The van der Waals surface area contributed by atoms with E-state index in [0.717, 1.165) is 0 Å². The number of rotatable bonds is 7. The quantitative estimate of drug-likeness (QED) is 0.619. The van der Waals surface area contributed by atoms with E-state index in [4.69, 9.17) is 5.11 Å². The summed E-state index contributed by atoms with van der Waals surface area (Å²) >= 11 is 0. The fourth-order valence-corrected chi connectivity index (χ4v) is 1.10. The van der Waals surface area contributed by atoms with Gasteiger partial charge < -0.3 is 15.7 Å². The molecule has 0 saturated heterocycles. The van der Waals surface area contributed by atoms with Crippen LogP contribution in [0.2, 0.25) is 0 Å². The molecule has 0 aromatic heterocycles. The van der Waals surface area contributed by atoms with Crippen LogP contribution in [0.4, 0.5) is 4.79 Å². The Bertz CT molecular complexity index is 229. The number of hydrogen-bond donors (Lipinski definition) is 3. The normalized spacial score (nSPS) is 12.2. The van der Waals surface area contributed by atoms with Gasteiger partial charge in [-0.3, -0.25) is 4.79 Å². The molecule has 0 fully saturated rings. The van der Waals surface area contributed by atoms with Crippen LogP contribution in [0.15, 0.2) is 0 Å². The number of aliphatic carboxylic acids is 1. The third-order valence-corrected chi connectivity index (χ3v) is 2.13. The van der Waals surface area contributed by atoms with E-state index in [-0.39, 0.29) is 18.4 Å². The average molecular weight is 230 g/mol. The van der Waals surface area contributed by atoms with Crippen molar-refractivity contribution in [1.82, 2.24) is 10.6 Å². The summed E-state index contributed by atoms with van der Waals surface area (Å²) in [6.07, 6.45) is 0.732. The summed E-state index contributed by atoms with van der Waals surface area (Å²) < 4.78 is 0. The zero-order chi connectivity index (χ0) is 12.6. The van der Waals surface area contributed by atoms with Crippen LogP contribution in [0.25, 0.3) is 0 Å². The molecule has 0 aliphatic rings. The first-order valence-corrected chi connectivity index (χ1v) is 5.65. The van der Waals surface area contributed by atoms with Gasteiger partial charge in [0, 0.05) is 19.5 Å². The van der Waals surface area contributed by atoms with Crippen LogP contribution in [0, 0.1) is 11.8 Å². The van der Waals surface area contributed by atoms with Crippen molar-refractivity contribution in [2.75, 3.05) is 13.1 Å². The van der Waals surface area contributed by atoms with Crippen molar-refractivity contribution in [2.45, 2.75) is 33.6 Å². The molecule has 0 rings (SSSR count). The number of carboxylic acid groups (broad SMARTS) is 1. The Balaban J connectivity index is 3.54. The summed E-state index contributed by atoms with van der Waals surface area (Å²) in [5.41, 5.74) is 0. The second-order valence-electron chi connectivity index (χ2n) is 4.52. The van der Waals surface area contributed by atoms with E-state index in [1.165, 1.54) is 0 Å². The van der Waals surface area contributed by atoms with E-state index >= 15 is 0 Å². The molecule has 5 nitrogen and oxygen atoms in total. The maximum Gasteiger partial charge on any atom is 0.314 e. The van der Waals surface area contributed by atoms with Crippen LogP contribution in [-0.4, -0.2) is 30.2 Å². The SMILES string of the molecule is CC(C)CNC(=O)NCC(C)CCC(=O)O. The van der Waals surface area contributed by atoms with E-state index < -0.39 is 5.97 Å². The number of carbonyl (C=O) groups is 2. The van der Waals surface area contributed by atoms with Gasteiger partial charge in [0.05, 0.1) is 0 Å². The van der Waals surface area contributed by atoms with Crippen LogP contribution in [0.3, 0.4) is 0 Å². The zero-order valence-corrected chi connectivity index (χ0v) is 10.2. The lowest BCUT2D eigenvalue weighted by atomic mass is 10.1. The highest BCUT2D eigenvalue weighted by atomic mass is 16.4. The minimum absolute atomic E-state index is 0.149. The molecule has 0 aliphatic carbocycles. The van der Waals surface area contributed by atoms with E-state index in [1.54, 1.807) is 0 Å². The molecule has 0 aliphatic heterocycles. The fourth-order valence-electron chi connectivity index (χ4n) is 1.10. The van der Waals surface area contributed by atoms with Gasteiger partial charge >= 0.3 is 12.0 Å². The van der Waals surface area contributed by atoms with E-state index in [0.29, 0.717) is 25.4 Å². The molecule has 16 heavy (non-hydrogen) atoms. The summed E-state index contributed by atoms with van der Waals surface area (Å²) in [6, 6.07) is -0.184. The van der Waals surface area contributed by atoms with Crippen LogP contribution in [0.5, 0.6) is 0 Å². The van der Waals surface area contributed by atoms with Crippen molar-refractivity contribution < 1.29 is 14.7 Å². The Hall–Kier alpha value is -1.26. The van der Waals surface area contributed by atoms with Crippen molar-refractivity contribution in [2.24, 2.45) is 11.8 Å². The minimum atomic E-state index is -0.795. The number of nitrogens with one attached hydrogen (secondary N) is 2. The fraction of sp³-hybridized carbons (Fsp3) is 0.818. The Morgan fingerprint density at radius 1 is 1.12 bits per heavy atom. The highest BCUT2D eigenvalue weighted by Crippen LogP contribution is 2.03. The molecule has 0 saturated carbocycles. The third-order valence-electron chi connectivity index (χ3n) is 2.13. The summed E-state index contributed by atoms with van der Waals surface area (Å²) in [4.78, 5) is 21.6. The van der Waals surface area contributed by atoms with Gasteiger partial charge in [-0.15, -0.1) is 0 Å². The van der Waals surface area contributed by atoms with Gasteiger partial charge in [-0.1, -0.05) is 20.8 Å². The average Bonchev–Trinajstić information content (AvgIpc) is 2.20. The van der Waals surface area contributed by atoms with Gasteiger partial charge in [0.15, 0.2) is 0 Å². The van der Waals surface area contributed by atoms with Gasteiger partial charge in [-0.25, -0.2) is 4.79 Å². The molecule has 5 heteroatoms. The molecule has 2 amide bonds. The van der Waals surface area contributed by atoms with E-state index in [2.05, 4.69) is 10.6 Å². The molecule has 0 bridgehead atoms. The molecule has 1 unspecified atom stereocenters. The van der Waals surface area contributed by atoms with Crippen LogP contribution < -0.4 is 10.6 Å². The Kier molecular flexibility index (Phi) is 7.33. The molecular formula is C11H22N2O3. The lowest BCUT2D eigenvalue weighted by Gasteiger charge is -2.13. The van der Waals surface area contributed by atoms with Gasteiger partial charge in [0.1, 0.15) is 0 Å². The first kappa shape index (κ1) is 14.7. The van der Waals surface area contributed by atoms with Crippen LogP contribution in [0.1, 0.15) is 33.6 Å². The second-order valence-corrected chi connectivity index (χ2v) is 4.52. The third kappa shape index (κ3) is 9.30. The highest BCUT2D eigenvalue weighted by Gasteiger charge is 2.07. The number of hydrogen-bond acceptors (Lipinski definition) is 2. The van der Waals surface area contributed by atoms with Gasteiger partial charge in [-0.05, 0) is 18.3 Å². The molecule has 3 N–H and O–H groups in total. The number of carboxylic acids is 1. The molecule has 0 spiro atoms. The highest BCUT2D eigenvalue weighted by molar-refractivity contribution is 5.73. The van der Waals surface area contributed by atoms with Crippen LogP contribution in [-0.2, 0) is 4.79 Å². The predicted octanol–water partition coefficient (Wildman–Crippen LogP) is 1.44. The topological polar surface area (TPSA) is 78.4 Å². The van der Waals surface area contributed by atoms with Gasteiger partial charge in [-0.2, -0.15) is 0 Å². The molecule has 0 aromatic rings. The maximum atomic E-state index is 11.3. The Labute approximate surface area is 96.6 Å². The van der Waals surface area contributed by atoms with Crippen molar-refractivity contribution in [3.8, 4) is 0 Å². The van der Waals surface area contributed by atoms with E-state index in [9.17, 15) is 9.59 Å². The minimum Gasteiger partial charge on any atom is -0.481 e. The van der Waals surface area contributed by atoms with Crippen molar-refractivity contribution >= 4 is 12.0 Å². The number of carbonyl (C=O) groups excluding carboxylic acids is 1. The molecule has 0 heterocycles. The van der Waals surface area contributed by atoms with Crippen molar-refractivity contribution in [3.63, 3.8) is 0 Å². The molecular weight excluding hydrogens is 208 g/mol. The second kappa shape index (κ2) is 7.96. The Morgan fingerprint density at radius 2 is 1.69 bits per heavy atom. The monoisotopic (exact) mass is 230 g/mol. The summed E-state index contributed by atoms with van der Waals surface area (Å²) in [5.74, 6) is -0.188. The largest absolute Gasteiger partial charge is 0.481 e. The molecule has 94 valence electrons. The summed E-state index contributed by atoms with van der Waals surface area (Å²) in [7, 11) is 0. The van der Waals surface area contributed by atoms with E-state index in [1.807, 2.05) is 20.8 Å². The smallest absolute Gasteiger partial charge is 0.314 e. The molecule has 0 aromatic carbocycles. The van der Waals surface area contributed by atoms with Crippen LogP contribution >= 0.6 is 0 Å². The van der Waals surface area contributed by atoms with Gasteiger partial charge in [0.2, 0.25) is 0 Å². The van der Waals surface area contributed by atoms with Crippen molar-refractivity contribution in [3.05, 3.63) is 0 Å². The zero-order valence-electron chi connectivity index (χ0n) is 10.2. The maximum absolute atomic E-state index is 11.3. The first-order chi connectivity index (χ1) is 7.41. The standard InChI is InChI=1S/C11H22N2O3/c1-8(2)6-12-11(16)13-7-9(3)4-5-10(14)15/h8-9H,4-7H2,1-3H3,(H,14,15)(H2,12,13,16). The molecule has 1 atom stereocenters. The number of urea groups is 1. The summed E-state index contributed by atoms with van der Waals surface area (Å²) in [5, 5.41) is 13.9. The first-order valence-electron chi connectivity index (χ1n) is 5.65. The van der Waals surface area contributed by atoms with Gasteiger partial charge in [0.25, 0.3) is 0 Å².